The molecule has 3 aromatic heterocycles. The normalized spacial score (nSPS) is 10.9. The van der Waals surface area contributed by atoms with Gasteiger partial charge in [0, 0.05) is 29.5 Å². The second kappa shape index (κ2) is 6.16. The molecule has 4 aromatic rings. The van der Waals surface area contributed by atoms with E-state index < -0.39 is 5.91 Å². The molecule has 1 amide bonds. The van der Waals surface area contributed by atoms with E-state index in [9.17, 15) is 4.79 Å². The number of rotatable bonds is 4. The van der Waals surface area contributed by atoms with Gasteiger partial charge in [0.2, 0.25) is 5.91 Å². The van der Waals surface area contributed by atoms with Crippen molar-refractivity contribution in [3.05, 3.63) is 67.1 Å². The summed E-state index contributed by atoms with van der Waals surface area (Å²) in [6.45, 7) is 0.0167. The maximum absolute atomic E-state index is 11.3. The molecule has 0 aliphatic rings. The van der Waals surface area contributed by atoms with E-state index in [-0.39, 0.29) is 6.54 Å². The summed E-state index contributed by atoms with van der Waals surface area (Å²) in [4.78, 5) is 20.1. The molecule has 4 rings (SSSR count). The van der Waals surface area contributed by atoms with Crippen molar-refractivity contribution in [2.24, 2.45) is 5.73 Å². The van der Waals surface area contributed by atoms with E-state index in [2.05, 4.69) is 15.1 Å². The average molecular weight is 329 g/mol. The van der Waals surface area contributed by atoms with Crippen molar-refractivity contribution in [2.75, 3.05) is 0 Å². The number of amides is 1. The third kappa shape index (κ3) is 2.85. The number of aromatic nitrogens is 4. The Bertz CT molecular complexity index is 1050. The molecule has 0 spiro atoms. The zero-order chi connectivity index (χ0) is 17.2. The van der Waals surface area contributed by atoms with Crippen LogP contribution in [0.2, 0.25) is 0 Å². The Morgan fingerprint density at radius 2 is 1.80 bits per heavy atom. The van der Waals surface area contributed by atoms with Crippen LogP contribution in [0.5, 0.6) is 0 Å². The number of carbonyl (C=O) groups is 1. The lowest BCUT2D eigenvalue weighted by molar-refractivity contribution is -0.118. The maximum atomic E-state index is 11.3. The SMILES string of the molecule is NC(=O)Cn1cc(-c2ccnc3ccccc23)c(-c2ccccn2)n1. The number of fused-ring (bicyclic) bond motifs is 1. The Labute approximate surface area is 144 Å². The summed E-state index contributed by atoms with van der Waals surface area (Å²) in [5.74, 6) is -0.443. The van der Waals surface area contributed by atoms with E-state index in [0.29, 0.717) is 5.69 Å². The minimum absolute atomic E-state index is 0.0167. The van der Waals surface area contributed by atoms with Crippen LogP contribution in [0.4, 0.5) is 0 Å². The first kappa shape index (κ1) is 15.0. The number of para-hydroxylation sites is 1. The maximum Gasteiger partial charge on any atom is 0.239 e. The Balaban J connectivity index is 1.96. The summed E-state index contributed by atoms with van der Waals surface area (Å²) >= 11 is 0. The predicted molar refractivity (Wildman–Crippen MR) is 95.4 cm³/mol. The molecule has 0 aliphatic heterocycles. The van der Waals surface area contributed by atoms with Gasteiger partial charge in [-0.3, -0.25) is 19.4 Å². The van der Waals surface area contributed by atoms with Crippen molar-refractivity contribution in [1.82, 2.24) is 19.7 Å². The number of carbonyl (C=O) groups excluding carboxylic acids is 1. The van der Waals surface area contributed by atoms with E-state index in [1.165, 1.54) is 0 Å². The van der Waals surface area contributed by atoms with Crippen molar-refractivity contribution in [3.63, 3.8) is 0 Å². The van der Waals surface area contributed by atoms with Crippen LogP contribution in [0.15, 0.2) is 67.1 Å². The predicted octanol–water partition coefficient (Wildman–Crippen LogP) is 2.65. The molecule has 0 saturated carbocycles. The Hall–Kier alpha value is -3.54. The molecule has 2 N–H and O–H groups in total. The van der Waals surface area contributed by atoms with Gasteiger partial charge in [-0.2, -0.15) is 5.10 Å². The van der Waals surface area contributed by atoms with E-state index in [1.54, 1.807) is 17.1 Å². The van der Waals surface area contributed by atoms with E-state index in [1.807, 2.05) is 54.7 Å². The van der Waals surface area contributed by atoms with Gasteiger partial charge in [0.1, 0.15) is 12.2 Å². The first-order valence-corrected chi connectivity index (χ1v) is 7.83. The summed E-state index contributed by atoms with van der Waals surface area (Å²) in [5.41, 5.74) is 9.54. The third-order valence-corrected chi connectivity index (χ3v) is 3.93. The summed E-state index contributed by atoms with van der Waals surface area (Å²) in [5, 5.41) is 5.55. The lowest BCUT2D eigenvalue weighted by Crippen LogP contribution is -2.18. The number of hydrogen-bond acceptors (Lipinski definition) is 4. The van der Waals surface area contributed by atoms with Gasteiger partial charge in [-0.25, -0.2) is 0 Å². The topological polar surface area (TPSA) is 86.7 Å². The molecule has 3 heterocycles. The molecule has 0 radical (unpaired) electrons. The van der Waals surface area contributed by atoms with Gasteiger partial charge in [0.25, 0.3) is 0 Å². The van der Waals surface area contributed by atoms with Crippen LogP contribution < -0.4 is 5.73 Å². The summed E-state index contributed by atoms with van der Waals surface area (Å²) in [6, 6.07) is 15.5. The van der Waals surface area contributed by atoms with Crippen LogP contribution in [0.25, 0.3) is 33.4 Å². The number of benzene rings is 1. The molecule has 6 nitrogen and oxygen atoms in total. The third-order valence-electron chi connectivity index (χ3n) is 3.93. The molecular weight excluding hydrogens is 314 g/mol. The van der Waals surface area contributed by atoms with Crippen LogP contribution in [-0.2, 0) is 11.3 Å². The number of nitrogens with zero attached hydrogens (tertiary/aromatic N) is 4. The Morgan fingerprint density at radius 3 is 2.60 bits per heavy atom. The van der Waals surface area contributed by atoms with Crippen molar-refractivity contribution in [2.45, 2.75) is 6.54 Å². The van der Waals surface area contributed by atoms with E-state index in [4.69, 9.17) is 5.73 Å². The van der Waals surface area contributed by atoms with Crippen molar-refractivity contribution < 1.29 is 4.79 Å². The molecule has 1 aromatic carbocycles. The smallest absolute Gasteiger partial charge is 0.239 e. The number of hydrogen-bond donors (Lipinski definition) is 1. The Morgan fingerprint density at radius 1 is 0.960 bits per heavy atom. The molecule has 122 valence electrons. The van der Waals surface area contributed by atoms with Crippen LogP contribution in [0, 0.1) is 0 Å². The number of pyridine rings is 2. The lowest BCUT2D eigenvalue weighted by Gasteiger charge is -2.06. The molecule has 0 bridgehead atoms. The lowest BCUT2D eigenvalue weighted by atomic mass is 10.0. The van der Waals surface area contributed by atoms with Gasteiger partial charge in [-0.05, 0) is 29.8 Å². The van der Waals surface area contributed by atoms with Crippen LogP contribution in [-0.4, -0.2) is 25.7 Å². The monoisotopic (exact) mass is 329 g/mol. The van der Waals surface area contributed by atoms with Gasteiger partial charge in [0.15, 0.2) is 0 Å². The summed E-state index contributed by atoms with van der Waals surface area (Å²) in [6.07, 6.45) is 5.32. The highest BCUT2D eigenvalue weighted by Crippen LogP contribution is 2.34. The summed E-state index contributed by atoms with van der Waals surface area (Å²) in [7, 11) is 0. The van der Waals surface area contributed by atoms with Gasteiger partial charge in [0.05, 0.1) is 11.2 Å². The van der Waals surface area contributed by atoms with Crippen LogP contribution >= 0.6 is 0 Å². The van der Waals surface area contributed by atoms with Crippen molar-refractivity contribution in [1.29, 1.82) is 0 Å². The highest BCUT2D eigenvalue weighted by Gasteiger charge is 2.17. The Kier molecular flexibility index (Phi) is 3.70. The fourth-order valence-corrected chi connectivity index (χ4v) is 2.88. The molecule has 6 heteroatoms. The molecule has 0 fully saturated rings. The quantitative estimate of drug-likeness (QED) is 0.623. The van der Waals surface area contributed by atoms with E-state index >= 15 is 0 Å². The van der Waals surface area contributed by atoms with Gasteiger partial charge in [-0.1, -0.05) is 24.3 Å². The number of nitrogens with two attached hydrogens (primary N) is 1. The molecule has 25 heavy (non-hydrogen) atoms. The highest BCUT2D eigenvalue weighted by molar-refractivity contribution is 5.97. The van der Waals surface area contributed by atoms with Crippen LogP contribution in [0.1, 0.15) is 0 Å². The first-order valence-electron chi connectivity index (χ1n) is 7.83. The number of primary amides is 1. The average Bonchev–Trinajstić information content (AvgIpc) is 3.05. The van der Waals surface area contributed by atoms with Gasteiger partial charge in [-0.15, -0.1) is 0 Å². The second-order valence-electron chi connectivity index (χ2n) is 5.65. The van der Waals surface area contributed by atoms with Crippen molar-refractivity contribution in [3.8, 4) is 22.5 Å². The molecule has 0 saturated heterocycles. The zero-order valence-corrected chi connectivity index (χ0v) is 13.3. The van der Waals surface area contributed by atoms with Crippen LogP contribution in [0.3, 0.4) is 0 Å². The fourth-order valence-electron chi connectivity index (χ4n) is 2.88. The van der Waals surface area contributed by atoms with Gasteiger partial charge < -0.3 is 5.73 Å². The van der Waals surface area contributed by atoms with E-state index in [0.717, 1.165) is 27.7 Å². The minimum atomic E-state index is -0.443. The first-order chi connectivity index (χ1) is 12.2. The second-order valence-corrected chi connectivity index (χ2v) is 5.65. The van der Waals surface area contributed by atoms with Gasteiger partial charge >= 0.3 is 0 Å². The highest BCUT2D eigenvalue weighted by atomic mass is 16.1. The molecule has 0 aliphatic carbocycles. The molecule has 0 unspecified atom stereocenters. The molecule has 0 atom stereocenters. The van der Waals surface area contributed by atoms with Crippen molar-refractivity contribution >= 4 is 16.8 Å². The zero-order valence-electron chi connectivity index (χ0n) is 13.3. The molecular formula is C19H15N5O. The standard InChI is InChI=1S/C19H15N5O/c20-18(25)12-24-11-15(19(23-24)17-7-3-4-9-21-17)13-8-10-22-16-6-2-1-5-14(13)16/h1-11H,12H2,(H2,20,25). The largest absolute Gasteiger partial charge is 0.368 e. The fraction of sp³-hybridized carbons (Fsp3) is 0.0526. The summed E-state index contributed by atoms with van der Waals surface area (Å²) < 4.78 is 1.55. The minimum Gasteiger partial charge on any atom is -0.368 e.